The van der Waals surface area contributed by atoms with Gasteiger partial charge in [-0.1, -0.05) is 12.1 Å². The predicted molar refractivity (Wildman–Crippen MR) is 91.9 cm³/mol. The zero-order valence-corrected chi connectivity index (χ0v) is 14.5. The van der Waals surface area contributed by atoms with Gasteiger partial charge < -0.3 is 14.9 Å². The lowest BCUT2D eigenvalue weighted by atomic mass is 9.96. The lowest BCUT2D eigenvalue weighted by molar-refractivity contribution is -0.141. The van der Waals surface area contributed by atoms with Crippen LogP contribution in [0.15, 0.2) is 24.3 Å². The van der Waals surface area contributed by atoms with Crippen LogP contribution in [0.2, 0.25) is 0 Å². The summed E-state index contributed by atoms with van der Waals surface area (Å²) in [6.07, 6.45) is 3.66. The minimum absolute atomic E-state index is 0.0515. The second-order valence-electron chi connectivity index (χ2n) is 7.09. The molecule has 6 nitrogen and oxygen atoms in total. The lowest BCUT2D eigenvalue weighted by Gasteiger charge is -2.34. The van der Waals surface area contributed by atoms with Crippen LogP contribution in [-0.2, 0) is 16.1 Å². The average Bonchev–Trinajstić information content (AvgIpc) is 3.46. The Morgan fingerprint density at radius 1 is 1.12 bits per heavy atom. The summed E-state index contributed by atoms with van der Waals surface area (Å²) in [7, 11) is 1.76. The molecule has 25 heavy (non-hydrogen) atoms. The van der Waals surface area contributed by atoms with Gasteiger partial charge in [0, 0.05) is 32.6 Å². The van der Waals surface area contributed by atoms with Crippen LogP contribution >= 0.6 is 0 Å². The lowest BCUT2D eigenvalue weighted by Crippen LogP contribution is -2.46. The van der Waals surface area contributed by atoms with E-state index in [1.54, 1.807) is 36.2 Å². The van der Waals surface area contributed by atoms with Crippen LogP contribution < -0.4 is 0 Å². The number of nitrogens with zero attached hydrogens (tertiary/aromatic N) is 2. The average molecular weight is 344 g/mol. The Morgan fingerprint density at radius 3 is 2.40 bits per heavy atom. The zero-order valence-electron chi connectivity index (χ0n) is 14.5. The van der Waals surface area contributed by atoms with Crippen LogP contribution in [0.4, 0.5) is 0 Å². The number of amides is 2. The number of hydrogen-bond acceptors (Lipinski definition) is 3. The maximum absolute atomic E-state index is 12.7. The van der Waals surface area contributed by atoms with Gasteiger partial charge in [0.2, 0.25) is 11.8 Å². The third-order valence-corrected chi connectivity index (χ3v) is 5.01. The zero-order chi connectivity index (χ0) is 18.0. The van der Waals surface area contributed by atoms with E-state index in [1.165, 1.54) is 0 Å². The molecule has 2 aliphatic rings. The van der Waals surface area contributed by atoms with Crippen LogP contribution in [0.1, 0.15) is 41.6 Å². The Labute approximate surface area is 147 Å². The molecule has 0 aromatic heterocycles. The predicted octanol–water partition coefficient (Wildman–Crippen LogP) is 1.99. The topological polar surface area (TPSA) is 77.9 Å². The van der Waals surface area contributed by atoms with Crippen LogP contribution in [0.3, 0.4) is 0 Å². The van der Waals surface area contributed by atoms with Crippen LogP contribution in [0.25, 0.3) is 0 Å². The van der Waals surface area contributed by atoms with Crippen LogP contribution in [0, 0.1) is 11.8 Å². The van der Waals surface area contributed by atoms with Gasteiger partial charge >= 0.3 is 5.97 Å². The van der Waals surface area contributed by atoms with Gasteiger partial charge in [0.05, 0.1) is 11.5 Å². The third kappa shape index (κ3) is 4.18. The van der Waals surface area contributed by atoms with E-state index in [1.807, 2.05) is 4.90 Å². The molecule has 1 aliphatic carbocycles. The second-order valence-corrected chi connectivity index (χ2v) is 7.09. The number of carboxylic acids is 1. The number of rotatable bonds is 5. The third-order valence-electron chi connectivity index (χ3n) is 5.01. The molecule has 1 saturated carbocycles. The summed E-state index contributed by atoms with van der Waals surface area (Å²) < 4.78 is 0. The molecule has 0 radical (unpaired) electrons. The van der Waals surface area contributed by atoms with Crippen molar-refractivity contribution in [2.75, 3.05) is 20.1 Å². The van der Waals surface area contributed by atoms with E-state index in [4.69, 9.17) is 5.11 Å². The van der Waals surface area contributed by atoms with Gasteiger partial charge in [-0.2, -0.15) is 0 Å². The number of likely N-dealkylation sites (tertiary alicyclic amines) is 1. The fourth-order valence-electron chi connectivity index (χ4n) is 3.38. The first-order valence-corrected chi connectivity index (χ1v) is 8.81. The summed E-state index contributed by atoms with van der Waals surface area (Å²) in [4.78, 5) is 39.4. The van der Waals surface area contributed by atoms with Crippen molar-refractivity contribution in [3.05, 3.63) is 35.4 Å². The Bertz CT molecular complexity index is 667. The van der Waals surface area contributed by atoms with E-state index >= 15 is 0 Å². The van der Waals surface area contributed by atoms with E-state index < -0.39 is 5.97 Å². The van der Waals surface area contributed by atoms with Gasteiger partial charge in [-0.05, 0) is 43.4 Å². The Morgan fingerprint density at radius 2 is 1.80 bits per heavy atom. The normalized spacial score (nSPS) is 20.2. The van der Waals surface area contributed by atoms with Gasteiger partial charge in [0.1, 0.15) is 0 Å². The molecule has 1 heterocycles. The minimum Gasteiger partial charge on any atom is -0.478 e. The summed E-state index contributed by atoms with van der Waals surface area (Å²) >= 11 is 0. The van der Waals surface area contributed by atoms with Crippen molar-refractivity contribution in [1.82, 2.24) is 9.80 Å². The molecule has 1 aromatic rings. The van der Waals surface area contributed by atoms with Crippen molar-refractivity contribution in [1.29, 1.82) is 0 Å². The van der Waals surface area contributed by atoms with Crippen molar-refractivity contribution in [3.63, 3.8) is 0 Å². The van der Waals surface area contributed by atoms with E-state index in [2.05, 4.69) is 0 Å². The van der Waals surface area contributed by atoms with Gasteiger partial charge in [0.15, 0.2) is 0 Å². The largest absolute Gasteiger partial charge is 0.478 e. The van der Waals surface area contributed by atoms with E-state index in [-0.39, 0.29) is 29.2 Å². The standard InChI is InChI=1S/C19H24N2O4/c1-20(11-13-4-6-15(7-5-13)19(24)25)17(22)16-3-2-10-21(12-16)18(23)14-8-9-14/h4-7,14,16H,2-3,8-12H2,1H3,(H,24,25). The van der Waals surface area contributed by atoms with Crippen LogP contribution in [0.5, 0.6) is 0 Å². The molecule has 1 saturated heterocycles. The number of carboxylic acid groups (broad SMARTS) is 1. The number of carbonyl (C=O) groups excluding carboxylic acids is 2. The summed E-state index contributed by atoms with van der Waals surface area (Å²) in [5.41, 5.74) is 1.13. The molecular weight excluding hydrogens is 320 g/mol. The maximum atomic E-state index is 12.7. The van der Waals surface area contributed by atoms with Crippen molar-refractivity contribution in [2.45, 2.75) is 32.2 Å². The summed E-state index contributed by atoms with van der Waals surface area (Å²) in [5, 5.41) is 8.93. The number of hydrogen-bond donors (Lipinski definition) is 1. The smallest absolute Gasteiger partial charge is 0.335 e. The number of aromatic carboxylic acids is 1. The molecular formula is C19H24N2O4. The van der Waals surface area contributed by atoms with Crippen molar-refractivity contribution in [3.8, 4) is 0 Å². The monoisotopic (exact) mass is 344 g/mol. The molecule has 0 spiro atoms. The quantitative estimate of drug-likeness (QED) is 0.886. The molecule has 134 valence electrons. The van der Waals surface area contributed by atoms with Crippen molar-refractivity contribution < 1.29 is 19.5 Å². The number of benzene rings is 1. The Hall–Kier alpha value is -2.37. The van der Waals surface area contributed by atoms with Gasteiger partial charge in [0.25, 0.3) is 0 Å². The molecule has 1 aromatic carbocycles. The maximum Gasteiger partial charge on any atom is 0.335 e. The van der Waals surface area contributed by atoms with Gasteiger partial charge in [-0.3, -0.25) is 9.59 Å². The van der Waals surface area contributed by atoms with Gasteiger partial charge in [-0.25, -0.2) is 4.79 Å². The first-order chi connectivity index (χ1) is 12.0. The molecule has 2 fully saturated rings. The Kier molecular flexibility index (Phi) is 5.06. The number of carbonyl (C=O) groups is 3. The second kappa shape index (κ2) is 7.25. The molecule has 0 bridgehead atoms. The SMILES string of the molecule is CN(Cc1ccc(C(=O)O)cc1)C(=O)C1CCCN(C(=O)C2CC2)C1. The van der Waals surface area contributed by atoms with Crippen LogP contribution in [-0.4, -0.2) is 52.8 Å². The minimum atomic E-state index is -0.960. The molecule has 2 amide bonds. The number of piperidine rings is 1. The van der Waals surface area contributed by atoms with E-state index in [9.17, 15) is 14.4 Å². The highest BCUT2D eigenvalue weighted by atomic mass is 16.4. The highest BCUT2D eigenvalue weighted by Gasteiger charge is 2.37. The molecule has 1 aliphatic heterocycles. The fourth-order valence-corrected chi connectivity index (χ4v) is 3.38. The van der Waals surface area contributed by atoms with Crippen molar-refractivity contribution in [2.24, 2.45) is 11.8 Å². The summed E-state index contributed by atoms with van der Waals surface area (Å²) in [6, 6.07) is 6.56. The molecule has 3 rings (SSSR count). The molecule has 1 N–H and O–H groups in total. The highest BCUT2D eigenvalue weighted by Crippen LogP contribution is 2.32. The van der Waals surface area contributed by atoms with E-state index in [0.717, 1.165) is 37.8 Å². The van der Waals surface area contributed by atoms with Crippen molar-refractivity contribution >= 4 is 17.8 Å². The van der Waals surface area contributed by atoms with Gasteiger partial charge in [-0.15, -0.1) is 0 Å². The highest BCUT2D eigenvalue weighted by molar-refractivity contribution is 5.87. The summed E-state index contributed by atoms with van der Waals surface area (Å²) in [5.74, 6) is -0.641. The Balaban J connectivity index is 1.57. The first kappa shape index (κ1) is 17.5. The molecule has 1 unspecified atom stereocenters. The first-order valence-electron chi connectivity index (χ1n) is 8.81. The fraction of sp³-hybridized carbons (Fsp3) is 0.526. The molecule has 1 atom stereocenters. The van der Waals surface area contributed by atoms with E-state index in [0.29, 0.717) is 13.1 Å². The summed E-state index contributed by atoms with van der Waals surface area (Å²) in [6.45, 7) is 1.72. The molecule has 6 heteroatoms.